The van der Waals surface area contributed by atoms with E-state index >= 15 is 0 Å². The van der Waals surface area contributed by atoms with Crippen molar-refractivity contribution in [2.24, 2.45) is 0 Å². The largest absolute Gasteiger partial charge is 0.490 e. The smallest absolute Gasteiger partial charge is 0.387 e. The van der Waals surface area contributed by atoms with Crippen LogP contribution in [0.25, 0.3) is 0 Å². The van der Waals surface area contributed by atoms with Crippen molar-refractivity contribution in [2.45, 2.75) is 20.0 Å². The maximum Gasteiger partial charge on any atom is 0.387 e. The second kappa shape index (κ2) is 6.27. The van der Waals surface area contributed by atoms with Crippen LogP contribution in [0.3, 0.4) is 0 Å². The van der Waals surface area contributed by atoms with Crippen LogP contribution in [0.1, 0.15) is 12.0 Å². The summed E-state index contributed by atoms with van der Waals surface area (Å²) in [5.41, 5.74) is 0.810. The SMILES string of the molecule is Cc1ccc(OCCCO)c(OC(F)F)c1. The molecular formula is C11H14F2O3. The highest BCUT2D eigenvalue weighted by Gasteiger charge is 2.10. The fraction of sp³-hybridized carbons (Fsp3) is 0.455. The molecule has 0 atom stereocenters. The molecule has 0 saturated carbocycles. The Morgan fingerprint density at radius 1 is 1.31 bits per heavy atom. The summed E-state index contributed by atoms with van der Waals surface area (Å²) in [6.07, 6.45) is 0.446. The molecule has 0 aliphatic carbocycles. The zero-order chi connectivity index (χ0) is 12.0. The van der Waals surface area contributed by atoms with E-state index in [1.807, 2.05) is 0 Å². The Labute approximate surface area is 92.6 Å². The van der Waals surface area contributed by atoms with E-state index in [1.165, 1.54) is 6.07 Å². The van der Waals surface area contributed by atoms with Gasteiger partial charge in [-0.3, -0.25) is 0 Å². The number of aliphatic hydroxyl groups is 1. The maximum atomic E-state index is 12.1. The van der Waals surface area contributed by atoms with Gasteiger partial charge in [-0.1, -0.05) is 6.07 Å². The molecule has 0 aliphatic heterocycles. The van der Waals surface area contributed by atoms with Gasteiger partial charge in [0, 0.05) is 13.0 Å². The summed E-state index contributed by atoms with van der Waals surface area (Å²) in [4.78, 5) is 0. The molecule has 0 amide bonds. The summed E-state index contributed by atoms with van der Waals surface area (Å²) >= 11 is 0. The van der Waals surface area contributed by atoms with E-state index in [1.54, 1.807) is 19.1 Å². The zero-order valence-electron chi connectivity index (χ0n) is 8.95. The maximum absolute atomic E-state index is 12.1. The number of aliphatic hydroxyl groups excluding tert-OH is 1. The molecule has 90 valence electrons. The fourth-order valence-corrected chi connectivity index (χ4v) is 1.17. The zero-order valence-corrected chi connectivity index (χ0v) is 8.95. The monoisotopic (exact) mass is 232 g/mol. The van der Waals surface area contributed by atoms with Crippen LogP contribution in [-0.2, 0) is 0 Å². The highest BCUT2D eigenvalue weighted by atomic mass is 19.3. The van der Waals surface area contributed by atoms with Crippen LogP contribution in [0.4, 0.5) is 8.78 Å². The van der Waals surface area contributed by atoms with Crippen LogP contribution in [0.5, 0.6) is 11.5 Å². The van der Waals surface area contributed by atoms with E-state index in [9.17, 15) is 8.78 Å². The van der Waals surface area contributed by atoms with Gasteiger partial charge < -0.3 is 14.6 Å². The number of hydrogen-bond acceptors (Lipinski definition) is 3. The van der Waals surface area contributed by atoms with Crippen molar-refractivity contribution in [1.82, 2.24) is 0 Å². The first kappa shape index (κ1) is 12.7. The second-order valence-corrected chi connectivity index (χ2v) is 3.25. The third-order valence-electron chi connectivity index (χ3n) is 1.88. The van der Waals surface area contributed by atoms with Gasteiger partial charge in [0.2, 0.25) is 0 Å². The molecule has 0 aliphatic rings. The molecule has 0 fully saturated rings. The number of hydrogen-bond donors (Lipinski definition) is 1. The Kier molecular flexibility index (Phi) is 4.98. The first-order chi connectivity index (χ1) is 7.63. The standard InChI is InChI=1S/C11H14F2O3/c1-8-3-4-9(15-6-2-5-14)10(7-8)16-11(12)13/h3-4,7,11,14H,2,5-6H2,1H3. The van der Waals surface area contributed by atoms with E-state index in [0.29, 0.717) is 6.42 Å². The summed E-state index contributed by atoms with van der Waals surface area (Å²) in [6, 6.07) is 4.80. The van der Waals surface area contributed by atoms with Crippen molar-refractivity contribution >= 4 is 0 Å². The molecule has 0 aromatic heterocycles. The lowest BCUT2D eigenvalue weighted by Gasteiger charge is -2.12. The van der Waals surface area contributed by atoms with Crippen molar-refractivity contribution in [3.05, 3.63) is 23.8 Å². The number of ether oxygens (including phenoxy) is 2. The fourth-order valence-electron chi connectivity index (χ4n) is 1.17. The van der Waals surface area contributed by atoms with Crippen molar-refractivity contribution in [3.8, 4) is 11.5 Å². The summed E-state index contributed by atoms with van der Waals surface area (Å²) in [5, 5.41) is 8.57. The Balaban J connectivity index is 2.72. The summed E-state index contributed by atoms with van der Waals surface area (Å²) in [6.45, 7) is -0.840. The van der Waals surface area contributed by atoms with Gasteiger partial charge in [-0.25, -0.2) is 0 Å². The average molecular weight is 232 g/mol. The number of benzene rings is 1. The van der Waals surface area contributed by atoms with Gasteiger partial charge in [-0.05, 0) is 24.6 Å². The van der Waals surface area contributed by atoms with Gasteiger partial charge >= 0.3 is 6.61 Å². The van der Waals surface area contributed by atoms with Gasteiger partial charge in [-0.15, -0.1) is 0 Å². The Morgan fingerprint density at radius 3 is 2.69 bits per heavy atom. The highest BCUT2D eigenvalue weighted by molar-refractivity contribution is 5.42. The Hall–Kier alpha value is -1.36. The van der Waals surface area contributed by atoms with Crippen molar-refractivity contribution in [1.29, 1.82) is 0 Å². The van der Waals surface area contributed by atoms with Crippen molar-refractivity contribution in [2.75, 3.05) is 13.2 Å². The molecule has 1 N–H and O–H groups in total. The Morgan fingerprint density at radius 2 is 2.06 bits per heavy atom. The summed E-state index contributed by atoms with van der Waals surface area (Å²) in [5.74, 6) is 0.285. The third-order valence-corrected chi connectivity index (χ3v) is 1.88. The highest BCUT2D eigenvalue weighted by Crippen LogP contribution is 2.29. The molecule has 0 spiro atoms. The molecule has 0 heterocycles. The normalized spacial score (nSPS) is 10.6. The molecule has 16 heavy (non-hydrogen) atoms. The minimum absolute atomic E-state index is 0.00308. The lowest BCUT2D eigenvalue weighted by molar-refractivity contribution is -0.0515. The summed E-state index contributed by atoms with van der Waals surface area (Å²) in [7, 11) is 0. The van der Waals surface area contributed by atoms with E-state index in [4.69, 9.17) is 9.84 Å². The van der Waals surface area contributed by atoms with Crippen molar-refractivity contribution in [3.63, 3.8) is 0 Å². The summed E-state index contributed by atoms with van der Waals surface area (Å²) < 4.78 is 33.8. The molecular weight excluding hydrogens is 218 g/mol. The lowest BCUT2D eigenvalue weighted by atomic mass is 10.2. The van der Waals surface area contributed by atoms with Crippen LogP contribution in [-0.4, -0.2) is 24.9 Å². The van der Waals surface area contributed by atoms with E-state index < -0.39 is 6.61 Å². The lowest BCUT2D eigenvalue weighted by Crippen LogP contribution is -2.06. The van der Waals surface area contributed by atoms with Crippen LogP contribution >= 0.6 is 0 Å². The van der Waals surface area contributed by atoms with Crippen LogP contribution < -0.4 is 9.47 Å². The first-order valence-corrected chi connectivity index (χ1v) is 4.92. The van der Waals surface area contributed by atoms with E-state index in [2.05, 4.69) is 4.74 Å². The average Bonchev–Trinajstić information content (AvgIpc) is 2.20. The molecule has 1 aromatic carbocycles. The van der Waals surface area contributed by atoms with E-state index in [-0.39, 0.29) is 24.7 Å². The van der Waals surface area contributed by atoms with Gasteiger partial charge in [-0.2, -0.15) is 8.78 Å². The van der Waals surface area contributed by atoms with Crippen LogP contribution in [0.2, 0.25) is 0 Å². The van der Waals surface area contributed by atoms with Gasteiger partial charge in [0.25, 0.3) is 0 Å². The van der Waals surface area contributed by atoms with Gasteiger partial charge in [0.15, 0.2) is 11.5 Å². The van der Waals surface area contributed by atoms with Crippen LogP contribution in [0, 0.1) is 6.92 Å². The minimum atomic E-state index is -2.87. The number of rotatable bonds is 6. The molecule has 5 heteroatoms. The Bertz CT molecular complexity index is 329. The third kappa shape index (κ3) is 4.02. The topological polar surface area (TPSA) is 38.7 Å². The second-order valence-electron chi connectivity index (χ2n) is 3.25. The predicted octanol–water partition coefficient (Wildman–Crippen LogP) is 2.36. The molecule has 1 aromatic rings. The number of alkyl halides is 2. The number of halogens is 2. The van der Waals surface area contributed by atoms with Crippen molar-refractivity contribution < 1.29 is 23.4 Å². The molecule has 0 saturated heterocycles. The van der Waals surface area contributed by atoms with Crippen LogP contribution in [0.15, 0.2) is 18.2 Å². The molecule has 1 rings (SSSR count). The van der Waals surface area contributed by atoms with E-state index in [0.717, 1.165) is 5.56 Å². The van der Waals surface area contributed by atoms with Gasteiger partial charge in [0.1, 0.15) is 0 Å². The molecule has 3 nitrogen and oxygen atoms in total. The predicted molar refractivity (Wildman–Crippen MR) is 55.0 cm³/mol. The molecule has 0 unspecified atom stereocenters. The number of aryl methyl sites for hydroxylation is 1. The molecule has 0 bridgehead atoms. The quantitative estimate of drug-likeness (QED) is 0.765. The first-order valence-electron chi connectivity index (χ1n) is 4.92. The molecule has 0 radical (unpaired) electrons. The minimum Gasteiger partial charge on any atom is -0.490 e. The van der Waals surface area contributed by atoms with Gasteiger partial charge in [0.05, 0.1) is 6.61 Å².